The van der Waals surface area contributed by atoms with Gasteiger partial charge >= 0.3 is 46.8 Å². The zero-order chi connectivity index (χ0) is 28.3. The minimum absolute atomic E-state index is 0.230. The Bertz CT molecular complexity index is 788. The summed E-state index contributed by atoms with van der Waals surface area (Å²) in [5.74, 6) is -59.9. The van der Waals surface area contributed by atoms with Crippen molar-refractivity contribution >= 4 is 17.5 Å². The van der Waals surface area contributed by atoms with Crippen molar-refractivity contribution < 1.29 is 75.0 Å². The largest absolute Gasteiger partial charge is 0.393 e. The third kappa shape index (κ3) is 4.37. The Morgan fingerprint density at radius 1 is 0.600 bits per heavy atom. The summed E-state index contributed by atoms with van der Waals surface area (Å²) in [6, 6.07) is 0. The molecule has 0 bridgehead atoms. The van der Waals surface area contributed by atoms with Crippen LogP contribution in [0.15, 0.2) is 0 Å². The van der Waals surface area contributed by atoms with Gasteiger partial charge < -0.3 is 9.80 Å². The van der Waals surface area contributed by atoms with Crippen molar-refractivity contribution in [2.45, 2.75) is 53.8 Å². The number of nitrogens with zero attached hydrogens (tertiary/aromatic N) is 2. The van der Waals surface area contributed by atoms with Crippen LogP contribution < -0.4 is 0 Å². The van der Waals surface area contributed by atoms with E-state index in [9.17, 15) is 75.0 Å². The molecule has 0 spiro atoms. The summed E-state index contributed by atoms with van der Waals surface area (Å²) in [6.45, 7) is -0.626. The molecule has 0 aromatic heterocycles. The third-order valence-electron chi connectivity index (χ3n) is 5.10. The van der Waals surface area contributed by atoms with Crippen LogP contribution in [0.5, 0.6) is 0 Å². The van der Waals surface area contributed by atoms with Gasteiger partial charge in [-0.15, -0.1) is 0 Å². The molecule has 1 aliphatic rings. The first kappa shape index (κ1) is 31.6. The van der Waals surface area contributed by atoms with Crippen molar-refractivity contribution in [2.75, 3.05) is 32.7 Å². The molecule has 1 aliphatic heterocycles. The number of carbonyl (C=O) groups excluding carboxylic acids is 1. The highest BCUT2D eigenvalue weighted by Crippen LogP contribution is 2.64. The molecule has 20 heteroatoms. The van der Waals surface area contributed by atoms with Crippen LogP contribution in [0.4, 0.5) is 70.2 Å². The molecule has 0 radical (unpaired) electrons. The number of alkyl halides is 17. The van der Waals surface area contributed by atoms with Crippen LogP contribution in [0.1, 0.15) is 6.92 Å². The van der Waals surface area contributed by atoms with Gasteiger partial charge in [0, 0.05) is 26.2 Å². The van der Waals surface area contributed by atoms with E-state index in [-0.39, 0.29) is 24.5 Å². The van der Waals surface area contributed by atoms with Crippen molar-refractivity contribution in [1.29, 1.82) is 0 Å². The van der Waals surface area contributed by atoms with Crippen molar-refractivity contribution in [2.24, 2.45) is 0 Å². The molecule has 1 saturated heterocycles. The summed E-state index contributed by atoms with van der Waals surface area (Å²) < 4.78 is 215. The first-order valence-electron chi connectivity index (χ1n) is 8.93. The maximum atomic E-state index is 14.0. The second-order valence-electron chi connectivity index (χ2n) is 7.24. The summed E-state index contributed by atoms with van der Waals surface area (Å²) in [6.07, 6.45) is 0. The standard InChI is InChI=1S/C15H13ClF16N2O/c1-2-33-3-5-34(6-4-33)7(35)8(17,18)9(19,20)10(21,22)11(23,24)12(25,26)13(27,28)14(29,30)15(16,31)32/h2-6H2,1H3. The fourth-order valence-electron chi connectivity index (χ4n) is 2.76. The summed E-state index contributed by atoms with van der Waals surface area (Å²) in [5, 5.41) is -6.84. The minimum atomic E-state index is -8.58. The zero-order valence-electron chi connectivity index (χ0n) is 16.8. The lowest BCUT2D eigenvalue weighted by atomic mass is 9.88. The summed E-state index contributed by atoms with van der Waals surface area (Å²) in [5.41, 5.74) is 0. The topological polar surface area (TPSA) is 23.6 Å². The maximum absolute atomic E-state index is 14.0. The van der Waals surface area contributed by atoms with Crippen LogP contribution in [0.2, 0.25) is 0 Å². The molecule has 1 heterocycles. The Kier molecular flexibility index (Phi) is 8.01. The molecule has 0 aliphatic carbocycles. The van der Waals surface area contributed by atoms with E-state index in [4.69, 9.17) is 0 Å². The van der Waals surface area contributed by atoms with Crippen LogP contribution in [-0.2, 0) is 4.79 Å². The first-order chi connectivity index (χ1) is 15.2. The van der Waals surface area contributed by atoms with Crippen molar-refractivity contribution in [3.05, 3.63) is 0 Å². The van der Waals surface area contributed by atoms with Crippen LogP contribution >= 0.6 is 11.6 Å². The lowest BCUT2D eigenvalue weighted by Crippen LogP contribution is -2.75. The normalized spacial score (nSPS) is 18.7. The number of likely N-dealkylation sites (N-methyl/N-ethyl adjacent to an activating group) is 1. The molecule has 0 atom stereocenters. The lowest BCUT2D eigenvalue weighted by molar-refractivity contribution is -0.446. The Hall–Kier alpha value is -1.40. The van der Waals surface area contributed by atoms with Gasteiger partial charge in [0.1, 0.15) is 0 Å². The summed E-state index contributed by atoms with van der Waals surface area (Å²) >= 11 is 3.44. The smallest absolute Gasteiger partial charge is 0.335 e. The van der Waals surface area contributed by atoms with E-state index in [1.54, 1.807) is 0 Å². The number of hydrogen-bond donors (Lipinski definition) is 0. The zero-order valence-corrected chi connectivity index (χ0v) is 17.5. The molecule has 0 aromatic rings. The average Bonchev–Trinajstić information content (AvgIpc) is 2.71. The number of piperazine rings is 1. The predicted molar refractivity (Wildman–Crippen MR) is 84.1 cm³/mol. The highest BCUT2D eigenvalue weighted by atomic mass is 35.5. The molecule has 208 valence electrons. The summed E-state index contributed by atoms with van der Waals surface area (Å²) in [7, 11) is 0. The quantitative estimate of drug-likeness (QED) is 0.270. The van der Waals surface area contributed by atoms with E-state index in [1.807, 2.05) is 0 Å². The van der Waals surface area contributed by atoms with Gasteiger partial charge in [0.05, 0.1) is 0 Å². The van der Waals surface area contributed by atoms with E-state index >= 15 is 0 Å². The number of rotatable bonds is 9. The minimum Gasteiger partial charge on any atom is -0.335 e. The first-order valence-corrected chi connectivity index (χ1v) is 9.31. The molecule has 1 amide bonds. The molecule has 1 rings (SSSR count). The number of amides is 1. The van der Waals surface area contributed by atoms with Crippen LogP contribution in [0.25, 0.3) is 0 Å². The van der Waals surface area contributed by atoms with Crippen LogP contribution in [0, 0.1) is 0 Å². The average molecular weight is 577 g/mol. The van der Waals surface area contributed by atoms with Gasteiger partial charge in [-0.2, -0.15) is 70.2 Å². The van der Waals surface area contributed by atoms with Gasteiger partial charge in [0.25, 0.3) is 5.91 Å². The molecule has 0 N–H and O–H groups in total. The Morgan fingerprint density at radius 2 is 0.914 bits per heavy atom. The van der Waals surface area contributed by atoms with Gasteiger partial charge in [-0.1, -0.05) is 6.92 Å². The van der Waals surface area contributed by atoms with E-state index in [2.05, 4.69) is 11.6 Å². The number of carbonyl (C=O) groups is 1. The fourth-order valence-corrected chi connectivity index (χ4v) is 2.88. The molecule has 0 saturated carbocycles. The second-order valence-corrected chi connectivity index (χ2v) is 7.72. The van der Waals surface area contributed by atoms with Gasteiger partial charge in [-0.25, -0.2) is 0 Å². The molecule has 0 unspecified atom stereocenters. The number of halogens is 17. The van der Waals surface area contributed by atoms with Crippen molar-refractivity contribution in [3.63, 3.8) is 0 Å². The number of hydrogen-bond acceptors (Lipinski definition) is 2. The Labute approximate surface area is 189 Å². The van der Waals surface area contributed by atoms with Crippen molar-refractivity contribution in [1.82, 2.24) is 9.80 Å². The molecular formula is C15H13ClF16N2O. The molecule has 3 nitrogen and oxygen atoms in total. The maximum Gasteiger partial charge on any atom is 0.393 e. The van der Waals surface area contributed by atoms with Crippen LogP contribution in [0.3, 0.4) is 0 Å². The van der Waals surface area contributed by atoms with Crippen molar-refractivity contribution in [3.8, 4) is 0 Å². The SMILES string of the molecule is CCN1CCN(C(=O)C(F)(F)C(F)(F)C(F)(F)C(F)(F)C(F)(F)C(F)(F)C(F)(F)C(F)(F)Cl)CC1. The molecule has 35 heavy (non-hydrogen) atoms. The Balaban J connectivity index is 3.51. The van der Waals surface area contributed by atoms with E-state index in [0.717, 1.165) is 0 Å². The highest BCUT2D eigenvalue weighted by Gasteiger charge is 2.95. The predicted octanol–water partition coefficient (Wildman–Crippen LogP) is 5.43. The second kappa shape index (κ2) is 8.86. The fraction of sp³-hybridized carbons (Fsp3) is 0.933. The van der Waals surface area contributed by atoms with Gasteiger partial charge in [-0.05, 0) is 18.1 Å². The van der Waals surface area contributed by atoms with Gasteiger partial charge in [-0.3, -0.25) is 4.79 Å². The molecule has 0 aromatic carbocycles. The monoisotopic (exact) mass is 576 g/mol. The van der Waals surface area contributed by atoms with Crippen LogP contribution in [-0.4, -0.2) is 95.3 Å². The van der Waals surface area contributed by atoms with E-state index in [0.29, 0.717) is 0 Å². The Morgan fingerprint density at radius 3 is 1.23 bits per heavy atom. The van der Waals surface area contributed by atoms with E-state index < -0.39 is 65.8 Å². The highest BCUT2D eigenvalue weighted by molar-refractivity contribution is 6.22. The van der Waals surface area contributed by atoms with E-state index in [1.165, 1.54) is 11.8 Å². The third-order valence-corrected chi connectivity index (χ3v) is 5.33. The molecule has 1 fully saturated rings. The molecular weight excluding hydrogens is 564 g/mol. The summed E-state index contributed by atoms with van der Waals surface area (Å²) in [4.78, 5) is 12.9. The lowest BCUT2D eigenvalue weighted by Gasteiger charge is -2.43. The van der Waals surface area contributed by atoms with Gasteiger partial charge in [0.15, 0.2) is 0 Å². The van der Waals surface area contributed by atoms with Gasteiger partial charge in [0.2, 0.25) is 0 Å².